The number of hydrogen-bond acceptors (Lipinski definition) is 3. The zero-order valence-electron chi connectivity index (χ0n) is 7.53. The molecule has 0 aliphatic carbocycles. The minimum Gasteiger partial charge on any atom is -0.308 e. The van der Waals surface area contributed by atoms with Crippen LogP contribution in [0.25, 0.3) is 0 Å². The van der Waals surface area contributed by atoms with Gasteiger partial charge in [0.2, 0.25) is 10.0 Å². The van der Waals surface area contributed by atoms with Crippen molar-refractivity contribution in [2.75, 3.05) is 40.5 Å². The Balaban J connectivity index is 3.81. The summed E-state index contributed by atoms with van der Waals surface area (Å²) < 4.78 is 23.0. The number of likely N-dealkylation sites (N-methyl/N-ethyl adjacent to an activating group) is 2. The van der Waals surface area contributed by atoms with E-state index in [0.717, 1.165) is 6.54 Å². The Labute approximate surface area is 68.8 Å². The molecule has 0 unspecified atom stereocenters. The average molecular weight is 180 g/mol. The first-order valence-corrected chi connectivity index (χ1v) is 5.25. The number of nitrogens with zero attached hydrogens (tertiary/aromatic N) is 2. The van der Waals surface area contributed by atoms with Crippen LogP contribution in [0.3, 0.4) is 0 Å². The molecule has 4 nitrogen and oxygen atoms in total. The fourth-order valence-electron chi connectivity index (χ4n) is 0.507. The molecule has 0 aliphatic rings. The van der Waals surface area contributed by atoms with Crippen molar-refractivity contribution >= 4 is 10.0 Å². The van der Waals surface area contributed by atoms with Crippen LogP contribution >= 0.6 is 0 Å². The molecule has 0 rings (SSSR count). The van der Waals surface area contributed by atoms with Crippen molar-refractivity contribution in [3.63, 3.8) is 0 Å². The van der Waals surface area contributed by atoms with E-state index >= 15 is 0 Å². The van der Waals surface area contributed by atoms with Crippen LogP contribution < -0.4 is 0 Å². The highest BCUT2D eigenvalue weighted by atomic mass is 32.2. The largest absolute Gasteiger partial charge is 0.308 e. The van der Waals surface area contributed by atoms with E-state index in [-0.39, 0.29) is 0 Å². The Bertz CT molecular complexity index is 199. The molecule has 0 bridgehead atoms. The van der Waals surface area contributed by atoms with Gasteiger partial charge in [-0.15, -0.1) is 0 Å². The predicted molar refractivity (Wildman–Crippen MR) is 46.0 cm³/mol. The summed E-state index contributed by atoms with van der Waals surface area (Å²) in [7, 11) is 2.42. The molecular weight excluding hydrogens is 164 g/mol. The highest BCUT2D eigenvalue weighted by Crippen LogP contribution is 1.91. The second kappa shape index (κ2) is 4.04. The minimum absolute atomic E-state index is 0.547. The number of hydrogen-bond donors (Lipinski definition) is 0. The molecule has 0 spiro atoms. The van der Waals surface area contributed by atoms with Gasteiger partial charge in [0.05, 0.1) is 6.26 Å². The molecule has 0 amide bonds. The fourth-order valence-corrected chi connectivity index (χ4v) is 0.920. The summed E-state index contributed by atoms with van der Waals surface area (Å²) in [5.41, 5.74) is 0. The Kier molecular flexibility index (Phi) is 3.99. The summed E-state index contributed by atoms with van der Waals surface area (Å²) in [6, 6.07) is 0. The SMILES string of the molecule is CN(C)CCN(C)S(C)(=O)=O. The van der Waals surface area contributed by atoms with Gasteiger partial charge in [-0.3, -0.25) is 0 Å². The van der Waals surface area contributed by atoms with Crippen LogP contribution in [-0.2, 0) is 10.0 Å². The molecule has 0 radical (unpaired) electrons. The molecule has 0 saturated carbocycles. The summed E-state index contributed by atoms with van der Waals surface area (Å²) in [4.78, 5) is 1.95. The van der Waals surface area contributed by atoms with Gasteiger partial charge in [0, 0.05) is 20.1 Å². The lowest BCUT2D eigenvalue weighted by atomic mass is 10.6. The van der Waals surface area contributed by atoms with E-state index in [1.54, 1.807) is 7.05 Å². The highest BCUT2D eigenvalue weighted by Gasteiger charge is 2.09. The molecule has 5 heteroatoms. The summed E-state index contributed by atoms with van der Waals surface area (Å²) in [6.45, 7) is 1.30. The Hall–Kier alpha value is -0.130. The van der Waals surface area contributed by atoms with Crippen molar-refractivity contribution in [1.29, 1.82) is 0 Å². The van der Waals surface area contributed by atoms with Gasteiger partial charge < -0.3 is 4.90 Å². The molecule has 0 heterocycles. The normalized spacial score (nSPS) is 12.9. The summed E-state index contributed by atoms with van der Waals surface area (Å²) in [6.07, 6.45) is 1.21. The van der Waals surface area contributed by atoms with E-state index in [2.05, 4.69) is 0 Å². The second-order valence-corrected chi connectivity index (χ2v) is 4.98. The van der Waals surface area contributed by atoms with E-state index < -0.39 is 10.0 Å². The second-order valence-electron chi connectivity index (χ2n) is 2.89. The van der Waals surface area contributed by atoms with Gasteiger partial charge >= 0.3 is 0 Å². The lowest BCUT2D eigenvalue weighted by molar-refractivity contribution is 0.359. The molecule has 0 N–H and O–H groups in total. The first kappa shape index (κ1) is 10.9. The molecule has 0 fully saturated rings. The number of sulfonamides is 1. The Morgan fingerprint density at radius 2 is 1.55 bits per heavy atom. The van der Waals surface area contributed by atoms with Gasteiger partial charge in [-0.2, -0.15) is 0 Å². The van der Waals surface area contributed by atoms with Gasteiger partial charge in [-0.05, 0) is 14.1 Å². The van der Waals surface area contributed by atoms with Crippen molar-refractivity contribution in [2.24, 2.45) is 0 Å². The van der Waals surface area contributed by atoms with Gasteiger partial charge in [0.1, 0.15) is 0 Å². The van der Waals surface area contributed by atoms with E-state index in [4.69, 9.17) is 0 Å². The Morgan fingerprint density at radius 3 is 1.82 bits per heavy atom. The van der Waals surface area contributed by atoms with Crippen LogP contribution in [0.4, 0.5) is 0 Å². The van der Waals surface area contributed by atoms with Gasteiger partial charge in [-0.25, -0.2) is 12.7 Å². The van der Waals surface area contributed by atoms with Crippen LogP contribution in [-0.4, -0.2) is 58.1 Å². The summed E-state index contributed by atoms with van der Waals surface area (Å²) in [5, 5.41) is 0. The van der Waals surface area contributed by atoms with Crippen molar-refractivity contribution in [3.05, 3.63) is 0 Å². The maximum atomic E-state index is 10.9. The Morgan fingerprint density at radius 1 is 1.09 bits per heavy atom. The molecule has 0 aliphatic heterocycles. The van der Waals surface area contributed by atoms with Crippen molar-refractivity contribution < 1.29 is 8.42 Å². The van der Waals surface area contributed by atoms with Gasteiger partial charge in [0.25, 0.3) is 0 Å². The zero-order valence-corrected chi connectivity index (χ0v) is 8.35. The quantitative estimate of drug-likeness (QED) is 0.582. The monoisotopic (exact) mass is 180 g/mol. The van der Waals surface area contributed by atoms with Crippen molar-refractivity contribution in [1.82, 2.24) is 9.21 Å². The molecule has 68 valence electrons. The summed E-state index contributed by atoms with van der Waals surface area (Å²) >= 11 is 0. The van der Waals surface area contributed by atoms with Crippen molar-refractivity contribution in [3.8, 4) is 0 Å². The topological polar surface area (TPSA) is 40.6 Å². The molecule has 11 heavy (non-hydrogen) atoms. The fraction of sp³-hybridized carbons (Fsp3) is 1.00. The number of rotatable bonds is 4. The molecule has 0 saturated heterocycles. The van der Waals surface area contributed by atoms with Crippen LogP contribution in [0.15, 0.2) is 0 Å². The lowest BCUT2D eigenvalue weighted by Gasteiger charge is -2.16. The first-order chi connectivity index (χ1) is 4.84. The average Bonchev–Trinajstić information content (AvgIpc) is 1.80. The molecule has 0 atom stereocenters. The maximum Gasteiger partial charge on any atom is 0.210 e. The van der Waals surface area contributed by atoms with Crippen LogP contribution in [0.5, 0.6) is 0 Å². The third kappa shape index (κ3) is 5.17. The van der Waals surface area contributed by atoms with Crippen LogP contribution in [0.1, 0.15) is 0 Å². The highest BCUT2D eigenvalue weighted by molar-refractivity contribution is 7.88. The third-order valence-electron chi connectivity index (χ3n) is 1.43. The minimum atomic E-state index is -2.99. The molecule has 0 aromatic rings. The molecule has 0 aromatic carbocycles. The predicted octanol–water partition coefficient (Wildman–Crippen LogP) is -0.561. The van der Waals surface area contributed by atoms with E-state index in [1.807, 2.05) is 19.0 Å². The molecular formula is C6H16N2O2S. The summed E-state index contributed by atoms with van der Waals surface area (Å²) in [5.74, 6) is 0. The molecule has 0 aromatic heterocycles. The van der Waals surface area contributed by atoms with E-state index in [9.17, 15) is 8.42 Å². The zero-order chi connectivity index (χ0) is 9.07. The third-order valence-corrected chi connectivity index (χ3v) is 2.74. The van der Waals surface area contributed by atoms with Crippen LogP contribution in [0.2, 0.25) is 0 Å². The van der Waals surface area contributed by atoms with Crippen molar-refractivity contribution in [2.45, 2.75) is 0 Å². The first-order valence-electron chi connectivity index (χ1n) is 3.40. The van der Waals surface area contributed by atoms with Gasteiger partial charge in [-0.1, -0.05) is 0 Å². The smallest absolute Gasteiger partial charge is 0.210 e. The van der Waals surface area contributed by atoms with E-state index in [1.165, 1.54) is 10.6 Å². The lowest BCUT2D eigenvalue weighted by Crippen LogP contribution is -2.32. The maximum absolute atomic E-state index is 10.9. The standard InChI is InChI=1S/C6H16N2O2S/c1-7(2)5-6-8(3)11(4,9)10/h5-6H2,1-4H3. The van der Waals surface area contributed by atoms with E-state index in [0.29, 0.717) is 6.54 Å². The van der Waals surface area contributed by atoms with Crippen LogP contribution in [0, 0.1) is 0 Å². The van der Waals surface area contributed by atoms with Gasteiger partial charge in [0.15, 0.2) is 0 Å².